The summed E-state index contributed by atoms with van der Waals surface area (Å²) in [6, 6.07) is 11.2. The van der Waals surface area contributed by atoms with Crippen molar-refractivity contribution in [3.8, 4) is 5.75 Å². The molecule has 0 unspecified atom stereocenters. The van der Waals surface area contributed by atoms with Gasteiger partial charge in [-0.1, -0.05) is 48.6 Å². The van der Waals surface area contributed by atoms with Crippen LogP contribution >= 0.6 is 23.4 Å². The summed E-state index contributed by atoms with van der Waals surface area (Å²) >= 11 is 8.14. The van der Waals surface area contributed by atoms with Crippen molar-refractivity contribution in [2.75, 3.05) is 30.3 Å². The van der Waals surface area contributed by atoms with Gasteiger partial charge in [0.15, 0.2) is 0 Å². The second-order valence-electron chi connectivity index (χ2n) is 8.12. The minimum Gasteiger partial charge on any atom is -0.495 e. The van der Waals surface area contributed by atoms with E-state index >= 15 is 0 Å². The molecule has 2 aromatic carbocycles. The number of nitrogens with zero attached hydrogens (tertiary/aromatic N) is 1. The number of anilines is 1. The van der Waals surface area contributed by atoms with Gasteiger partial charge < -0.3 is 10.1 Å². The highest BCUT2D eigenvalue weighted by Gasteiger charge is 2.28. The van der Waals surface area contributed by atoms with Crippen LogP contribution in [0.5, 0.6) is 5.75 Å². The van der Waals surface area contributed by atoms with Crippen LogP contribution in [0.15, 0.2) is 47.4 Å². The Morgan fingerprint density at radius 3 is 2.48 bits per heavy atom. The summed E-state index contributed by atoms with van der Waals surface area (Å²) in [6.07, 6.45) is 6.34. The Morgan fingerprint density at radius 1 is 1.15 bits per heavy atom. The van der Waals surface area contributed by atoms with Crippen LogP contribution in [0.3, 0.4) is 0 Å². The maximum atomic E-state index is 13.4. The second-order valence-corrected chi connectivity index (χ2v) is 11.8. The van der Waals surface area contributed by atoms with Crippen molar-refractivity contribution < 1.29 is 17.9 Å². The van der Waals surface area contributed by atoms with Crippen molar-refractivity contribution in [3.63, 3.8) is 0 Å². The summed E-state index contributed by atoms with van der Waals surface area (Å²) < 4.78 is 33.2. The maximum Gasteiger partial charge on any atom is 0.264 e. The van der Waals surface area contributed by atoms with Gasteiger partial charge in [0.1, 0.15) is 12.3 Å². The van der Waals surface area contributed by atoms with E-state index in [0.29, 0.717) is 23.2 Å². The highest BCUT2D eigenvalue weighted by atomic mass is 35.5. The van der Waals surface area contributed by atoms with Crippen molar-refractivity contribution in [3.05, 3.63) is 53.1 Å². The van der Waals surface area contributed by atoms with Gasteiger partial charge in [-0.3, -0.25) is 9.10 Å². The smallest absolute Gasteiger partial charge is 0.264 e. The molecule has 0 saturated heterocycles. The molecular weight excluding hydrogens is 480 g/mol. The van der Waals surface area contributed by atoms with Crippen LogP contribution in [0, 0.1) is 6.92 Å². The van der Waals surface area contributed by atoms with Crippen molar-refractivity contribution in [1.29, 1.82) is 0 Å². The average molecular weight is 511 g/mol. The predicted octanol–water partition coefficient (Wildman–Crippen LogP) is 5.03. The fourth-order valence-electron chi connectivity index (χ4n) is 3.80. The summed E-state index contributed by atoms with van der Waals surface area (Å²) in [7, 11) is -2.50. The molecule has 1 N–H and O–H groups in total. The zero-order valence-corrected chi connectivity index (χ0v) is 21.4. The molecule has 0 aliphatic heterocycles. The number of aryl methyl sites for hydroxylation is 1. The number of methoxy groups -OCH3 is 1. The molecule has 0 atom stereocenters. The monoisotopic (exact) mass is 510 g/mol. The lowest BCUT2D eigenvalue weighted by Gasteiger charge is -2.25. The highest BCUT2D eigenvalue weighted by Crippen LogP contribution is 2.32. The normalized spacial score (nSPS) is 14.6. The first-order valence-electron chi connectivity index (χ1n) is 11.1. The van der Waals surface area contributed by atoms with Gasteiger partial charge >= 0.3 is 0 Å². The molecular formula is C24H31ClN2O4S2. The molecule has 2 aromatic rings. The summed E-state index contributed by atoms with van der Waals surface area (Å²) in [4.78, 5) is 12.8. The van der Waals surface area contributed by atoms with Gasteiger partial charge in [0.2, 0.25) is 5.91 Å². The van der Waals surface area contributed by atoms with Crippen molar-refractivity contribution in [1.82, 2.24) is 5.32 Å². The van der Waals surface area contributed by atoms with Crippen LogP contribution in [0.1, 0.15) is 37.7 Å². The number of sulfonamides is 1. The standard InChI is InChI=1S/C24H31ClN2O4S2/c1-18-8-11-21(12-9-18)33(29,30)27(19-10-13-23(31-2)22(25)16-19)17-24(28)26-14-15-32-20-6-4-3-5-7-20/h8-13,16,20H,3-7,14-15,17H2,1-2H3,(H,26,28). The van der Waals surface area contributed by atoms with Gasteiger partial charge in [-0.2, -0.15) is 11.8 Å². The fourth-order valence-corrected chi connectivity index (χ4v) is 6.68. The molecule has 1 aliphatic carbocycles. The Kier molecular flexibility index (Phi) is 9.35. The molecule has 0 heterocycles. The van der Waals surface area contributed by atoms with E-state index in [4.69, 9.17) is 16.3 Å². The van der Waals surface area contributed by atoms with E-state index < -0.39 is 10.0 Å². The van der Waals surface area contributed by atoms with Gasteiger partial charge in [-0.15, -0.1) is 0 Å². The van der Waals surface area contributed by atoms with Crippen molar-refractivity contribution >= 4 is 45.0 Å². The highest BCUT2D eigenvalue weighted by molar-refractivity contribution is 7.99. The molecule has 0 radical (unpaired) electrons. The molecule has 1 saturated carbocycles. The number of hydrogen-bond donors (Lipinski definition) is 1. The van der Waals surface area contributed by atoms with Gasteiger partial charge in [-0.25, -0.2) is 8.42 Å². The van der Waals surface area contributed by atoms with E-state index in [-0.39, 0.29) is 22.4 Å². The third kappa shape index (κ3) is 7.04. The molecule has 1 amide bonds. The molecule has 180 valence electrons. The number of rotatable bonds is 10. The number of amides is 1. The quantitative estimate of drug-likeness (QED) is 0.453. The molecule has 9 heteroatoms. The lowest BCUT2D eigenvalue weighted by Crippen LogP contribution is -2.41. The van der Waals surface area contributed by atoms with Crippen LogP contribution in [-0.2, 0) is 14.8 Å². The third-order valence-electron chi connectivity index (χ3n) is 5.65. The van der Waals surface area contributed by atoms with Crippen LogP contribution in [0.25, 0.3) is 0 Å². The topological polar surface area (TPSA) is 75.7 Å². The zero-order valence-electron chi connectivity index (χ0n) is 19.1. The van der Waals surface area contributed by atoms with E-state index in [2.05, 4.69) is 5.32 Å². The summed E-state index contributed by atoms with van der Waals surface area (Å²) in [5.74, 6) is 0.884. The number of carbonyl (C=O) groups is 1. The van der Waals surface area contributed by atoms with E-state index in [1.54, 1.807) is 36.4 Å². The van der Waals surface area contributed by atoms with Gasteiger partial charge in [-0.05, 0) is 50.1 Å². The fraction of sp³-hybridized carbons (Fsp3) is 0.458. The number of ether oxygens (including phenoxy) is 1. The minimum absolute atomic E-state index is 0.112. The molecule has 0 spiro atoms. The van der Waals surface area contributed by atoms with Crippen molar-refractivity contribution in [2.24, 2.45) is 0 Å². The first kappa shape index (κ1) is 25.7. The Morgan fingerprint density at radius 2 is 1.85 bits per heavy atom. The minimum atomic E-state index is -3.98. The Labute approximate surface area is 206 Å². The Hall–Kier alpha value is -1.90. The van der Waals surface area contributed by atoms with Crippen LogP contribution in [0.2, 0.25) is 5.02 Å². The largest absolute Gasteiger partial charge is 0.495 e. The lowest BCUT2D eigenvalue weighted by molar-refractivity contribution is -0.119. The summed E-state index contributed by atoms with van der Waals surface area (Å²) in [6.45, 7) is 2.05. The van der Waals surface area contributed by atoms with E-state index in [1.165, 1.54) is 45.3 Å². The number of nitrogens with one attached hydrogen (secondary N) is 1. The molecule has 1 aliphatic rings. The number of halogens is 1. The van der Waals surface area contributed by atoms with Gasteiger partial charge in [0, 0.05) is 17.5 Å². The summed E-state index contributed by atoms with van der Waals surface area (Å²) in [5, 5.41) is 3.80. The van der Waals surface area contributed by atoms with Crippen LogP contribution < -0.4 is 14.4 Å². The molecule has 0 bridgehead atoms. The van der Waals surface area contributed by atoms with Gasteiger partial charge in [0.25, 0.3) is 10.0 Å². The first-order valence-corrected chi connectivity index (χ1v) is 14.0. The molecule has 6 nitrogen and oxygen atoms in total. The third-order valence-corrected chi connectivity index (χ3v) is 9.12. The number of thioether (sulfide) groups is 1. The molecule has 0 aromatic heterocycles. The lowest BCUT2D eigenvalue weighted by atomic mass is 10.0. The Balaban J connectivity index is 1.73. The van der Waals surface area contributed by atoms with Gasteiger partial charge in [0.05, 0.1) is 22.7 Å². The van der Waals surface area contributed by atoms with E-state index in [9.17, 15) is 13.2 Å². The molecule has 3 rings (SSSR count). The van der Waals surface area contributed by atoms with Crippen LogP contribution in [-0.4, -0.2) is 45.5 Å². The molecule has 33 heavy (non-hydrogen) atoms. The number of hydrogen-bond acceptors (Lipinski definition) is 5. The Bertz CT molecular complexity index is 1040. The number of benzene rings is 2. The van der Waals surface area contributed by atoms with E-state index in [1.807, 2.05) is 18.7 Å². The maximum absolute atomic E-state index is 13.4. The predicted molar refractivity (Wildman–Crippen MR) is 136 cm³/mol. The second kappa shape index (κ2) is 12.0. The first-order chi connectivity index (χ1) is 15.8. The van der Waals surface area contributed by atoms with Crippen molar-refractivity contribution in [2.45, 2.75) is 49.2 Å². The van der Waals surface area contributed by atoms with Crippen LogP contribution in [0.4, 0.5) is 5.69 Å². The number of carbonyl (C=O) groups excluding carboxylic acids is 1. The average Bonchev–Trinajstić information content (AvgIpc) is 2.81. The SMILES string of the molecule is COc1ccc(N(CC(=O)NCCSC2CCCCC2)S(=O)(=O)c2ccc(C)cc2)cc1Cl. The molecule has 1 fully saturated rings. The zero-order chi connectivity index (χ0) is 23.8. The van der Waals surface area contributed by atoms with E-state index in [0.717, 1.165) is 15.6 Å². The summed E-state index contributed by atoms with van der Waals surface area (Å²) in [5.41, 5.74) is 1.24.